The fraction of sp³-hybridized carbons (Fsp3) is 0.750. The van der Waals surface area contributed by atoms with E-state index >= 15 is 0 Å². The lowest BCUT2D eigenvalue weighted by atomic mass is 10.3. The number of rotatable bonds is 2. The Bertz CT molecular complexity index is 248. The van der Waals surface area contributed by atoms with Crippen LogP contribution in [0, 0.1) is 0 Å². The smallest absolute Gasteiger partial charge is 0.312 e. The summed E-state index contributed by atoms with van der Waals surface area (Å²) in [6, 6.07) is 0. The fourth-order valence-electron chi connectivity index (χ4n) is 1.34. The summed E-state index contributed by atoms with van der Waals surface area (Å²) >= 11 is 0. The molecule has 15 heavy (non-hydrogen) atoms. The molecule has 5 N–H and O–H groups in total. The van der Waals surface area contributed by atoms with Gasteiger partial charge in [-0.1, -0.05) is 0 Å². The summed E-state index contributed by atoms with van der Waals surface area (Å²) in [6.45, 7) is 0.444. The molecule has 2 amide bonds. The first-order valence-corrected chi connectivity index (χ1v) is 4.69. The number of carbonyl (C=O) groups excluding carboxylic acids is 2. The number of β-amino-alcohol motifs (C(OH)–C–C–N with tert-alkyl or cyclic N) is 2. The van der Waals surface area contributed by atoms with E-state index < -0.39 is 24.0 Å². The quantitative estimate of drug-likeness (QED) is 0.360. The molecule has 1 aliphatic rings. The fourth-order valence-corrected chi connectivity index (χ4v) is 1.34. The number of aliphatic hydroxyl groups is 2. The third kappa shape index (κ3) is 2.88. The molecule has 0 aromatic heterocycles. The van der Waals surface area contributed by atoms with E-state index in [-0.39, 0.29) is 26.2 Å². The first-order valence-electron chi connectivity index (χ1n) is 4.69. The van der Waals surface area contributed by atoms with Gasteiger partial charge in [0.1, 0.15) is 0 Å². The van der Waals surface area contributed by atoms with E-state index in [0.29, 0.717) is 0 Å². The Morgan fingerprint density at radius 2 is 1.87 bits per heavy atom. The number of hydrogen-bond acceptors (Lipinski definition) is 5. The van der Waals surface area contributed by atoms with Gasteiger partial charge in [0.15, 0.2) is 0 Å². The van der Waals surface area contributed by atoms with Crippen LogP contribution in [0.1, 0.15) is 0 Å². The van der Waals surface area contributed by atoms with Crippen molar-refractivity contribution in [3.05, 3.63) is 0 Å². The van der Waals surface area contributed by atoms with Gasteiger partial charge in [-0.15, -0.1) is 0 Å². The number of nitrogens with one attached hydrogen (secondary N) is 1. The normalized spacial score (nSPS) is 25.4. The van der Waals surface area contributed by atoms with E-state index in [0.717, 1.165) is 4.90 Å². The minimum atomic E-state index is -0.976. The first-order chi connectivity index (χ1) is 7.06. The Morgan fingerprint density at radius 3 is 2.33 bits per heavy atom. The van der Waals surface area contributed by atoms with Crippen LogP contribution in [0.25, 0.3) is 0 Å². The van der Waals surface area contributed by atoms with Crippen LogP contribution in [-0.2, 0) is 9.59 Å². The Balaban J connectivity index is 2.44. The first kappa shape index (κ1) is 11.9. The molecule has 7 heteroatoms. The van der Waals surface area contributed by atoms with Gasteiger partial charge < -0.3 is 26.2 Å². The summed E-state index contributed by atoms with van der Waals surface area (Å²) in [7, 11) is 0. The minimum Gasteiger partial charge on any atom is -0.388 e. The lowest BCUT2D eigenvalue weighted by molar-refractivity contribution is -0.145. The third-order valence-corrected chi connectivity index (χ3v) is 2.17. The SMILES string of the molecule is NCCNC(=O)C(=O)N1CC(O)C(O)C1. The second-order valence-corrected chi connectivity index (χ2v) is 3.39. The van der Waals surface area contributed by atoms with Crippen molar-refractivity contribution in [1.29, 1.82) is 0 Å². The van der Waals surface area contributed by atoms with Gasteiger partial charge in [-0.2, -0.15) is 0 Å². The average molecular weight is 217 g/mol. The molecule has 2 unspecified atom stereocenters. The van der Waals surface area contributed by atoms with E-state index in [1.807, 2.05) is 0 Å². The zero-order valence-electron chi connectivity index (χ0n) is 8.22. The van der Waals surface area contributed by atoms with Crippen molar-refractivity contribution in [2.45, 2.75) is 12.2 Å². The Labute approximate surface area is 86.8 Å². The molecule has 86 valence electrons. The van der Waals surface area contributed by atoms with Crippen LogP contribution < -0.4 is 11.1 Å². The van der Waals surface area contributed by atoms with Crippen molar-refractivity contribution < 1.29 is 19.8 Å². The van der Waals surface area contributed by atoms with Crippen molar-refractivity contribution >= 4 is 11.8 Å². The molecule has 7 nitrogen and oxygen atoms in total. The van der Waals surface area contributed by atoms with Crippen molar-refractivity contribution in [3.8, 4) is 0 Å². The van der Waals surface area contributed by atoms with Crippen molar-refractivity contribution in [2.24, 2.45) is 5.73 Å². The molecule has 0 spiro atoms. The van der Waals surface area contributed by atoms with Crippen LogP contribution in [0.4, 0.5) is 0 Å². The number of hydrogen-bond donors (Lipinski definition) is 4. The largest absolute Gasteiger partial charge is 0.388 e. The lowest BCUT2D eigenvalue weighted by Crippen LogP contribution is -2.43. The summed E-state index contributed by atoms with van der Waals surface area (Å²) in [4.78, 5) is 23.7. The maximum atomic E-state index is 11.4. The summed E-state index contributed by atoms with van der Waals surface area (Å²) < 4.78 is 0. The van der Waals surface area contributed by atoms with Crippen LogP contribution in [0.15, 0.2) is 0 Å². The molecule has 0 aromatic rings. The average Bonchev–Trinajstić information content (AvgIpc) is 2.54. The number of likely N-dealkylation sites (tertiary alicyclic amines) is 1. The monoisotopic (exact) mass is 217 g/mol. The molecule has 1 fully saturated rings. The molecular formula is C8H15N3O4. The van der Waals surface area contributed by atoms with Gasteiger partial charge in [-0.25, -0.2) is 0 Å². The van der Waals surface area contributed by atoms with Gasteiger partial charge >= 0.3 is 11.8 Å². The number of aliphatic hydroxyl groups excluding tert-OH is 2. The molecule has 0 radical (unpaired) electrons. The van der Waals surface area contributed by atoms with Gasteiger partial charge in [-0.3, -0.25) is 9.59 Å². The highest BCUT2D eigenvalue weighted by Crippen LogP contribution is 2.09. The molecule has 1 aliphatic heterocycles. The molecule has 0 bridgehead atoms. The standard InChI is InChI=1S/C8H15N3O4/c9-1-2-10-7(14)8(15)11-3-5(12)6(13)4-11/h5-6,12-13H,1-4,9H2,(H,10,14). The van der Waals surface area contributed by atoms with E-state index in [1.165, 1.54) is 0 Å². The minimum absolute atomic E-state index is 0.0178. The molecular weight excluding hydrogens is 202 g/mol. The second kappa shape index (κ2) is 5.06. The van der Waals surface area contributed by atoms with Gasteiger partial charge in [0, 0.05) is 26.2 Å². The summed E-state index contributed by atoms with van der Waals surface area (Å²) in [5, 5.41) is 20.7. The van der Waals surface area contributed by atoms with Crippen LogP contribution in [0.5, 0.6) is 0 Å². The number of nitrogens with zero attached hydrogens (tertiary/aromatic N) is 1. The van der Waals surface area contributed by atoms with E-state index in [9.17, 15) is 19.8 Å². The zero-order valence-corrected chi connectivity index (χ0v) is 8.22. The van der Waals surface area contributed by atoms with E-state index in [1.54, 1.807) is 0 Å². The maximum Gasteiger partial charge on any atom is 0.312 e. The third-order valence-electron chi connectivity index (χ3n) is 2.17. The van der Waals surface area contributed by atoms with Crippen LogP contribution in [-0.4, -0.2) is 65.3 Å². The second-order valence-electron chi connectivity index (χ2n) is 3.39. The number of amides is 2. The molecule has 0 aliphatic carbocycles. The zero-order chi connectivity index (χ0) is 11.4. The predicted octanol–water partition coefficient (Wildman–Crippen LogP) is -3.37. The van der Waals surface area contributed by atoms with Gasteiger partial charge in [-0.05, 0) is 0 Å². The highest BCUT2D eigenvalue weighted by Gasteiger charge is 2.34. The lowest BCUT2D eigenvalue weighted by Gasteiger charge is -2.14. The van der Waals surface area contributed by atoms with Crippen LogP contribution in [0.2, 0.25) is 0 Å². The van der Waals surface area contributed by atoms with E-state index in [2.05, 4.69) is 5.32 Å². The number of nitrogens with two attached hydrogens (primary N) is 1. The van der Waals surface area contributed by atoms with E-state index in [4.69, 9.17) is 5.73 Å². The Hall–Kier alpha value is -1.18. The molecule has 2 atom stereocenters. The van der Waals surface area contributed by atoms with Crippen molar-refractivity contribution in [1.82, 2.24) is 10.2 Å². The van der Waals surface area contributed by atoms with Gasteiger partial charge in [0.2, 0.25) is 0 Å². The van der Waals surface area contributed by atoms with Crippen molar-refractivity contribution in [2.75, 3.05) is 26.2 Å². The predicted molar refractivity (Wildman–Crippen MR) is 50.7 cm³/mol. The van der Waals surface area contributed by atoms with Gasteiger partial charge in [0.25, 0.3) is 0 Å². The van der Waals surface area contributed by atoms with Crippen LogP contribution in [0.3, 0.4) is 0 Å². The topological polar surface area (TPSA) is 116 Å². The van der Waals surface area contributed by atoms with Gasteiger partial charge in [0.05, 0.1) is 12.2 Å². The summed E-state index contributed by atoms with van der Waals surface area (Å²) in [5.74, 6) is -1.51. The van der Waals surface area contributed by atoms with Crippen LogP contribution >= 0.6 is 0 Å². The van der Waals surface area contributed by atoms with Crippen molar-refractivity contribution in [3.63, 3.8) is 0 Å². The molecule has 1 saturated heterocycles. The number of carbonyl (C=O) groups is 2. The maximum absolute atomic E-state index is 11.4. The molecule has 0 saturated carbocycles. The Morgan fingerprint density at radius 1 is 1.33 bits per heavy atom. The molecule has 0 aromatic carbocycles. The Kier molecular flexibility index (Phi) is 4.01. The molecule has 1 rings (SSSR count). The highest BCUT2D eigenvalue weighted by molar-refractivity contribution is 6.35. The highest BCUT2D eigenvalue weighted by atomic mass is 16.3. The molecule has 1 heterocycles. The summed E-state index contributed by atoms with van der Waals surface area (Å²) in [5.41, 5.74) is 5.15. The summed E-state index contributed by atoms with van der Waals surface area (Å²) in [6.07, 6.45) is -1.95.